The number of carbonyl (C=O) groups excluding carboxylic acids is 1. The van der Waals surface area contributed by atoms with Gasteiger partial charge in [0.15, 0.2) is 5.13 Å². The van der Waals surface area contributed by atoms with Crippen molar-refractivity contribution in [3.63, 3.8) is 0 Å². The molecule has 4 rings (SSSR count). The lowest BCUT2D eigenvalue weighted by atomic mass is 10.1. The number of nitrogens with one attached hydrogen (secondary N) is 1. The molecule has 0 aliphatic carbocycles. The minimum atomic E-state index is -3.31. The zero-order chi connectivity index (χ0) is 20.8. The summed E-state index contributed by atoms with van der Waals surface area (Å²) in [7, 11) is -3.31. The number of benzene rings is 2. The summed E-state index contributed by atoms with van der Waals surface area (Å²) in [4.78, 5) is 18.3. The van der Waals surface area contributed by atoms with Crippen molar-refractivity contribution in [2.75, 3.05) is 22.4 Å². The number of halogens is 1. The van der Waals surface area contributed by atoms with Crippen molar-refractivity contribution in [1.82, 2.24) is 4.98 Å². The minimum Gasteiger partial charge on any atom is -0.298 e. The van der Waals surface area contributed by atoms with Gasteiger partial charge in [-0.15, -0.1) is 11.3 Å². The smallest absolute Gasteiger partial charge is 0.257 e. The van der Waals surface area contributed by atoms with Gasteiger partial charge in [0, 0.05) is 27.0 Å². The van der Waals surface area contributed by atoms with Crippen LogP contribution in [0.2, 0.25) is 0 Å². The van der Waals surface area contributed by atoms with Crippen molar-refractivity contribution >= 4 is 54.0 Å². The Morgan fingerprint density at radius 1 is 1.21 bits per heavy atom. The van der Waals surface area contributed by atoms with Crippen LogP contribution in [0.25, 0.3) is 11.3 Å². The second kappa shape index (κ2) is 7.55. The summed E-state index contributed by atoms with van der Waals surface area (Å²) in [6.07, 6.45) is 1.78. The number of hydrogen-bond donors (Lipinski definition) is 1. The summed E-state index contributed by atoms with van der Waals surface area (Å²) < 4.78 is 26.1. The van der Waals surface area contributed by atoms with Crippen LogP contribution < -0.4 is 9.62 Å². The fourth-order valence-corrected chi connectivity index (χ4v) is 5.41. The molecule has 0 unspecified atom stereocenters. The van der Waals surface area contributed by atoms with Crippen LogP contribution in [-0.4, -0.2) is 32.1 Å². The fraction of sp³-hybridized carbons (Fsp3) is 0.200. The van der Waals surface area contributed by atoms with Gasteiger partial charge >= 0.3 is 0 Å². The zero-order valence-electron chi connectivity index (χ0n) is 15.8. The number of rotatable bonds is 4. The van der Waals surface area contributed by atoms with Gasteiger partial charge in [-0.05, 0) is 49.2 Å². The molecular formula is C20H18BrN3O3S2. The maximum atomic E-state index is 12.7. The Balaban J connectivity index is 1.55. The Morgan fingerprint density at radius 2 is 1.93 bits per heavy atom. The molecule has 2 aromatic carbocycles. The number of aryl methyl sites for hydroxylation is 1. The first-order valence-electron chi connectivity index (χ1n) is 8.88. The predicted molar refractivity (Wildman–Crippen MR) is 120 cm³/mol. The quantitative estimate of drug-likeness (QED) is 0.584. The minimum absolute atomic E-state index is 0.262. The van der Waals surface area contributed by atoms with E-state index in [1.54, 1.807) is 18.2 Å². The number of carbonyl (C=O) groups is 1. The Hall–Kier alpha value is -2.23. The molecule has 9 heteroatoms. The normalized spacial score (nSPS) is 13.4. The molecule has 2 heterocycles. The first kappa shape index (κ1) is 20.1. The van der Waals surface area contributed by atoms with Crippen molar-refractivity contribution in [1.29, 1.82) is 0 Å². The number of amides is 1. The van der Waals surface area contributed by atoms with Crippen LogP contribution in [0.5, 0.6) is 0 Å². The van der Waals surface area contributed by atoms with E-state index in [9.17, 15) is 13.2 Å². The third-order valence-electron chi connectivity index (χ3n) is 4.73. The third-order valence-corrected chi connectivity index (χ3v) is 7.32. The average Bonchev–Trinajstić information content (AvgIpc) is 3.25. The van der Waals surface area contributed by atoms with E-state index in [2.05, 4.69) is 26.2 Å². The summed E-state index contributed by atoms with van der Waals surface area (Å²) in [6.45, 7) is 2.38. The summed E-state index contributed by atoms with van der Waals surface area (Å²) in [6, 6.07) is 13.0. The van der Waals surface area contributed by atoms with Gasteiger partial charge in [-0.2, -0.15) is 0 Å². The van der Waals surface area contributed by atoms with E-state index in [-0.39, 0.29) is 5.91 Å². The topological polar surface area (TPSA) is 79.4 Å². The Bertz CT molecular complexity index is 1200. The Morgan fingerprint density at radius 3 is 2.62 bits per heavy atom. The summed E-state index contributed by atoms with van der Waals surface area (Å²) in [5.41, 5.74) is 3.81. The van der Waals surface area contributed by atoms with Gasteiger partial charge in [-0.1, -0.05) is 28.1 Å². The van der Waals surface area contributed by atoms with Crippen LogP contribution in [0.4, 0.5) is 10.8 Å². The highest BCUT2D eigenvalue weighted by Gasteiger charge is 2.27. The molecule has 1 aliphatic rings. The number of nitrogens with zero attached hydrogens (tertiary/aromatic N) is 2. The van der Waals surface area contributed by atoms with Gasteiger partial charge in [0.25, 0.3) is 5.91 Å². The molecule has 150 valence electrons. The lowest BCUT2D eigenvalue weighted by Crippen LogP contribution is -2.27. The van der Waals surface area contributed by atoms with Crippen molar-refractivity contribution in [2.45, 2.75) is 13.3 Å². The second-order valence-corrected chi connectivity index (χ2v) is 10.8. The number of aromatic nitrogens is 1. The highest BCUT2D eigenvalue weighted by atomic mass is 79.9. The van der Waals surface area contributed by atoms with Crippen LogP contribution >= 0.6 is 27.3 Å². The standard InChI is InChI=1S/C20H18BrN3O3S2/c1-12-18(13-3-6-16(21)7-4-13)22-20(28-12)23-19(25)15-5-8-17-14(11-15)9-10-24(17)29(2,26)27/h3-8,11H,9-10H2,1-2H3,(H,22,23,25). The average molecular weight is 492 g/mol. The van der Waals surface area contributed by atoms with E-state index < -0.39 is 10.0 Å². The lowest BCUT2D eigenvalue weighted by Gasteiger charge is -2.16. The van der Waals surface area contributed by atoms with Crippen molar-refractivity contribution in [3.05, 3.63) is 62.9 Å². The van der Waals surface area contributed by atoms with Crippen LogP contribution in [-0.2, 0) is 16.4 Å². The molecule has 0 radical (unpaired) electrons. The molecule has 0 saturated heterocycles. The molecule has 0 atom stereocenters. The monoisotopic (exact) mass is 491 g/mol. The summed E-state index contributed by atoms with van der Waals surface area (Å²) >= 11 is 4.85. The lowest BCUT2D eigenvalue weighted by molar-refractivity contribution is 0.102. The SMILES string of the molecule is Cc1sc(NC(=O)c2ccc3c(c2)CCN3S(C)(=O)=O)nc1-c1ccc(Br)cc1. The second-order valence-electron chi connectivity index (χ2n) is 6.81. The van der Waals surface area contributed by atoms with E-state index in [1.165, 1.54) is 21.9 Å². The summed E-state index contributed by atoms with van der Waals surface area (Å²) in [5.74, 6) is -0.262. The molecule has 1 aliphatic heterocycles. The van der Waals surface area contributed by atoms with Gasteiger partial charge < -0.3 is 0 Å². The van der Waals surface area contributed by atoms with Crippen molar-refractivity contribution in [3.8, 4) is 11.3 Å². The molecule has 29 heavy (non-hydrogen) atoms. The Labute approximate surface area is 181 Å². The van der Waals surface area contributed by atoms with E-state index >= 15 is 0 Å². The number of sulfonamides is 1. The molecule has 6 nitrogen and oxygen atoms in total. The molecule has 1 aromatic heterocycles. The molecule has 0 spiro atoms. The first-order valence-corrected chi connectivity index (χ1v) is 12.3. The van der Waals surface area contributed by atoms with Gasteiger partial charge in [0.05, 0.1) is 17.6 Å². The van der Waals surface area contributed by atoms with Crippen LogP contribution in [0.3, 0.4) is 0 Å². The predicted octanol–water partition coefficient (Wildman–Crippen LogP) is 4.46. The van der Waals surface area contributed by atoms with E-state index in [1.807, 2.05) is 31.2 Å². The van der Waals surface area contributed by atoms with Gasteiger partial charge in [-0.3, -0.25) is 14.4 Å². The van der Waals surface area contributed by atoms with Crippen LogP contribution in [0.15, 0.2) is 46.9 Å². The molecule has 3 aromatic rings. The number of thiazole rings is 1. The molecule has 1 N–H and O–H groups in total. The molecule has 1 amide bonds. The highest BCUT2D eigenvalue weighted by molar-refractivity contribution is 9.10. The van der Waals surface area contributed by atoms with Crippen LogP contribution in [0, 0.1) is 6.92 Å². The highest BCUT2D eigenvalue weighted by Crippen LogP contribution is 2.33. The maximum Gasteiger partial charge on any atom is 0.257 e. The largest absolute Gasteiger partial charge is 0.298 e. The van der Waals surface area contributed by atoms with Crippen LogP contribution in [0.1, 0.15) is 20.8 Å². The number of hydrogen-bond acceptors (Lipinski definition) is 5. The van der Waals surface area contributed by atoms with E-state index in [0.717, 1.165) is 26.2 Å². The third kappa shape index (κ3) is 4.08. The van der Waals surface area contributed by atoms with E-state index in [0.29, 0.717) is 29.3 Å². The summed E-state index contributed by atoms with van der Waals surface area (Å²) in [5, 5.41) is 3.39. The molecule has 0 saturated carbocycles. The van der Waals surface area contributed by atoms with E-state index in [4.69, 9.17) is 0 Å². The zero-order valence-corrected chi connectivity index (χ0v) is 19.0. The van der Waals surface area contributed by atoms with Crippen molar-refractivity contribution < 1.29 is 13.2 Å². The molecule has 0 bridgehead atoms. The molecular weight excluding hydrogens is 474 g/mol. The number of fused-ring (bicyclic) bond motifs is 1. The fourth-order valence-electron chi connectivity index (χ4n) is 3.35. The Kier molecular flexibility index (Phi) is 5.22. The van der Waals surface area contributed by atoms with Gasteiger partial charge in [0.2, 0.25) is 10.0 Å². The first-order chi connectivity index (χ1) is 13.7. The van der Waals surface area contributed by atoms with Crippen molar-refractivity contribution in [2.24, 2.45) is 0 Å². The van der Waals surface area contributed by atoms with Gasteiger partial charge in [0.1, 0.15) is 0 Å². The number of anilines is 2. The maximum absolute atomic E-state index is 12.7. The molecule has 0 fully saturated rings. The van der Waals surface area contributed by atoms with Gasteiger partial charge in [-0.25, -0.2) is 13.4 Å².